The number of anilines is 1. The van der Waals surface area contributed by atoms with E-state index in [1.165, 1.54) is 6.20 Å². The van der Waals surface area contributed by atoms with Gasteiger partial charge in [0.1, 0.15) is 5.56 Å². The Balaban J connectivity index is 2.69. The summed E-state index contributed by atoms with van der Waals surface area (Å²) in [6, 6.07) is 3.54. The number of nitrogens with zero attached hydrogens (tertiary/aromatic N) is 1. The highest BCUT2D eigenvalue weighted by Gasteiger charge is 2.14. The molecule has 3 N–H and O–H groups in total. The molecule has 0 spiro atoms. The van der Waals surface area contributed by atoms with Crippen LogP contribution in [0.2, 0.25) is 0 Å². The molecule has 0 amide bonds. The molecule has 0 aliphatic heterocycles. The molecule has 0 atom stereocenters. The zero-order valence-corrected chi connectivity index (χ0v) is 12.0. The highest BCUT2D eigenvalue weighted by Crippen LogP contribution is 2.25. The maximum absolute atomic E-state index is 12.2. The second-order valence-corrected chi connectivity index (χ2v) is 5.08. The van der Waals surface area contributed by atoms with E-state index in [4.69, 9.17) is 10.2 Å². The number of aromatic amines is 1. The number of aromatic carboxylic acids is 1. The molecule has 0 aliphatic carbocycles. The molecule has 0 bridgehead atoms. The van der Waals surface area contributed by atoms with E-state index in [0.29, 0.717) is 23.7 Å². The average molecular weight is 290 g/mol. The number of hydrogen-bond donors (Lipinski definition) is 3. The summed E-state index contributed by atoms with van der Waals surface area (Å²) >= 11 is 0. The predicted molar refractivity (Wildman–Crippen MR) is 81.3 cm³/mol. The summed E-state index contributed by atoms with van der Waals surface area (Å²) < 4.78 is 0. The summed E-state index contributed by atoms with van der Waals surface area (Å²) in [4.78, 5) is 28.0. The van der Waals surface area contributed by atoms with Gasteiger partial charge in [0.15, 0.2) is 0 Å². The number of aryl methyl sites for hydroxylation is 1. The Labute approximate surface area is 121 Å². The van der Waals surface area contributed by atoms with Crippen LogP contribution in [0.3, 0.4) is 0 Å². The van der Waals surface area contributed by atoms with Crippen LogP contribution in [0.15, 0.2) is 23.1 Å². The summed E-state index contributed by atoms with van der Waals surface area (Å²) in [7, 11) is 3.79. The Morgan fingerprint density at radius 2 is 2.05 bits per heavy atom. The van der Waals surface area contributed by atoms with Gasteiger partial charge < -0.3 is 20.1 Å². The van der Waals surface area contributed by atoms with Gasteiger partial charge in [0.2, 0.25) is 5.43 Å². The zero-order chi connectivity index (χ0) is 15.6. The third-order valence-corrected chi connectivity index (χ3v) is 3.40. The van der Waals surface area contributed by atoms with E-state index in [-0.39, 0.29) is 12.2 Å². The van der Waals surface area contributed by atoms with Crippen LogP contribution in [0.25, 0.3) is 10.9 Å². The first kappa shape index (κ1) is 15.1. The fourth-order valence-electron chi connectivity index (χ4n) is 2.35. The number of aliphatic hydroxyl groups excluding tert-OH is 1. The molecule has 0 aliphatic rings. The molecule has 1 aromatic heterocycles. The van der Waals surface area contributed by atoms with Crippen molar-refractivity contribution in [3.63, 3.8) is 0 Å². The topological polar surface area (TPSA) is 93.6 Å². The van der Waals surface area contributed by atoms with Crippen LogP contribution in [-0.4, -0.2) is 41.9 Å². The number of fused-ring (bicyclic) bond motifs is 1. The number of hydrogen-bond acceptors (Lipinski definition) is 4. The van der Waals surface area contributed by atoms with E-state index < -0.39 is 11.4 Å². The van der Waals surface area contributed by atoms with Crippen molar-refractivity contribution in [2.75, 3.05) is 25.6 Å². The van der Waals surface area contributed by atoms with Gasteiger partial charge in [-0.1, -0.05) is 0 Å². The molecule has 112 valence electrons. The van der Waals surface area contributed by atoms with E-state index in [2.05, 4.69) is 4.98 Å². The number of H-pyrrole nitrogens is 1. The molecule has 1 aromatic carbocycles. The van der Waals surface area contributed by atoms with Crippen LogP contribution in [0.4, 0.5) is 5.69 Å². The first-order chi connectivity index (χ1) is 9.95. The molecule has 2 aromatic rings. The lowest BCUT2D eigenvalue weighted by molar-refractivity contribution is 0.0695. The molecule has 0 fully saturated rings. The van der Waals surface area contributed by atoms with Gasteiger partial charge >= 0.3 is 5.97 Å². The highest BCUT2D eigenvalue weighted by molar-refractivity contribution is 5.93. The quantitative estimate of drug-likeness (QED) is 0.769. The summed E-state index contributed by atoms with van der Waals surface area (Å²) in [6.07, 6.45) is 2.43. The summed E-state index contributed by atoms with van der Waals surface area (Å²) in [6.45, 7) is 0.0659. The van der Waals surface area contributed by atoms with Gasteiger partial charge in [0.05, 0.1) is 5.52 Å². The van der Waals surface area contributed by atoms with E-state index in [9.17, 15) is 9.59 Å². The Hall–Kier alpha value is -2.34. The molecule has 0 radical (unpaired) electrons. The number of benzene rings is 1. The monoisotopic (exact) mass is 290 g/mol. The average Bonchev–Trinajstić information content (AvgIpc) is 2.44. The normalized spacial score (nSPS) is 10.8. The minimum absolute atomic E-state index is 0.0659. The number of aliphatic hydroxyl groups is 1. The third-order valence-electron chi connectivity index (χ3n) is 3.40. The number of nitrogens with one attached hydrogen (secondary N) is 1. The lowest BCUT2D eigenvalue weighted by atomic mass is 10.0. The number of pyridine rings is 1. The molecule has 2 rings (SSSR count). The van der Waals surface area contributed by atoms with Crippen LogP contribution in [0.5, 0.6) is 0 Å². The van der Waals surface area contributed by atoms with Crippen molar-refractivity contribution in [2.24, 2.45) is 0 Å². The van der Waals surface area contributed by atoms with E-state index in [0.717, 1.165) is 11.3 Å². The van der Waals surface area contributed by atoms with Crippen molar-refractivity contribution < 1.29 is 15.0 Å². The van der Waals surface area contributed by atoms with Gasteiger partial charge in [-0.3, -0.25) is 4.79 Å². The Morgan fingerprint density at radius 1 is 1.33 bits per heavy atom. The minimum Gasteiger partial charge on any atom is -0.477 e. The molecule has 21 heavy (non-hydrogen) atoms. The van der Waals surface area contributed by atoms with Crippen LogP contribution in [-0.2, 0) is 6.42 Å². The molecular weight excluding hydrogens is 272 g/mol. The highest BCUT2D eigenvalue weighted by atomic mass is 16.4. The van der Waals surface area contributed by atoms with E-state index in [1.54, 1.807) is 6.07 Å². The van der Waals surface area contributed by atoms with Gasteiger partial charge in [-0.15, -0.1) is 0 Å². The van der Waals surface area contributed by atoms with Crippen molar-refractivity contribution in [3.05, 3.63) is 39.7 Å². The number of carboxylic acids is 1. The molecule has 0 unspecified atom stereocenters. The standard InChI is InChI=1S/C15H18N2O4/c1-17(2)13-7-12-10(6-9(13)4-3-5-18)14(19)11(8-16-12)15(20)21/h6-8,18H,3-5H2,1-2H3,(H,16,19)(H,20,21). The van der Waals surface area contributed by atoms with E-state index >= 15 is 0 Å². The van der Waals surface area contributed by atoms with Gasteiger partial charge in [-0.2, -0.15) is 0 Å². The van der Waals surface area contributed by atoms with Gasteiger partial charge in [0.25, 0.3) is 0 Å². The van der Waals surface area contributed by atoms with Gasteiger partial charge in [-0.25, -0.2) is 4.79 Å². The predicted octanol–water partition coefficient (Wildman–Crippen LogP) is 1.22. The van der Waals surface area contributed by atoms with Crippen molar-refractivity contribution in [1.82, 2.24) is 4.98 Å². The molecule has 0 saturated carbocycles. The largest absolute Gasteiger partial charge is 0.477 e. The third kappa shape index (κ3) is 2.90. The number of carboxylic acid groups (broad SMARTS) is 1. The summed E-state index contributed by atoms with van der Waals surface area (Å²) in [5.74, 6) is -1.24. The minimum atomic E-state index is -1.24. The fraction of sp³-hybridized carbons (Fsp3) is 0.333. The second kappa shape index (κ2) is 5.97. The fourth-order valence-corrected chi connectivity index (χ4v) is 2.35. The first-order valence-corrected chi connectivity index (χ1v) is 6.65. The summed E-state index contributed by atoms with van der Waals surface area (Å²) in [5, 5.41) is 18.4. The molecule has 0 saturated heterocycles. The van der Waals surface area contributed by atoms with E-state index in [1.807, 2.05) is 25.1 Å². The molecule has 6 heteroatoms. The Bertz CT molecular complexity index is 734. The zero-order valence-electron chi connectivity index (χ0n) is 12.0. The van der Waals surface area contributed by atoms with Crippen molar-refractivity contribution in [2.45, 2.75) is 12.8 Å². The maximum atomic E-state index is 12.2. The van der Waals surface area contributed by atoms with Crippen LogP contribution >= 0.6 is 0 Å². The number of rotatable bonds is 5. The lowest BCUT2D eigenvalue weighted by Crippen LogP contribution is -2.17. The number of carbonyl (C=O) groups is 1. The second-order valence-electron chi connectivity index (χ2n) is 5.08. The Kier molecular flexibility index (Phi) is 4.28. The van der Waals surface area contributed by atoms with Crippen LogP contribution in [0, 0.1) is 0 Å². The van der Waals surface area contributed by atoms with Crippen molar-refractivity contribution in [3.8, 4) is 0 Å². The summed E-state index contributed by atoms with van der Waals surface area (Å²) in [5.41, 5.74) is 1.69. The van der Waals surface area contributed by atoms with Crippen molar-refractivity contribution in [1.29, 1.82) is 0 Å². The first-order valence-electron chi connectivity index (χ1n) is 6.65. The smallest absolute Gasteiger partial charge is 0.341 e. The van der Waals surface area contributed by atoms with Crippen molar-refractivity contribution >= 4 is 22.6 Å². The maximum Gasteiger partial charge on any atom is 0.341 e. The number of aromatic nitrogens is 1. The molecule has 6 nitrogen and oxygen atoms in total. The van der Waals surface area contributed by atoms with Crippen LogP contribution in [0.1, 0.15) is 22.3 Å². The SMILES string of the molecule is CN(C)c1cc2[nH]cc(C(=O)O)c(=O)c2cc1CCCO. The lowest BCUT2D eigenvalue weighted by Gasteiger charge is -2.18. The van der Waals surface area contributed by atoms with Crippen LogP contribution < -0.4 is 10.3 Å². The molecular formula is C15H18N2O4. The van der Waals surface area contributed by atoms with Gasteiger partial charge in [-0.05, 0) is 30.5 Å². The van der Waals surface area contributed by atoms with Gasteiger partial charge in [0, 0.05) is 38.0 Å². The Morgan fingerprint density at radius 3 is 2.62 bits per heavy atom. The molecule has 1 heterocycles.